The van der Waals surface area contributed by atoms with Crippen LogP contribution in [0.1, 0.15) is 41.6 Å². The third kappa shape index (κ3) is 4.84. The first-order valence-corrected chi connectivity index (χ1v) is 6.75. The van der Waals surface area contributed by atoms with Crippen molar-refractivity contribution in [1.82, 2.24) is 5.32 Å². The molecule has 2 unspecified atom stereocenters. The van der Waals surface area contributed by atoms with E-state index in [1.165, 1.54) is 18.4 Å². The monoisotopic (exact) mass is 282 g/mol. The van der Waals surface area contributed by atoms with E-state index in [9.17, 15) is 4.79 Å². The van der Waals surface area contributed by atoms with Crippen LogP contribution in [0.15, 0.2) is 24.3 Å². The molecule has 0 aromatic heterocycles. The Morgan fingerprint density at radius 1 is 1.32 bits per heavy atom. The lowest BCUT2D eigenvalue weighted by atomic mass is 9.86. The van der Waals surface area contributed by atoms with E-state index in [0.29, 0.717) is 12.0 Å². The minimum absolute atomic E-state index is 0. The molecule has 3 N–H and O–H groups in total. The average Bonchev–Trinajstić information content (AvgIpc) is 2.37. The zero-order valence-electron chi connectivity index (χ0n) is 11.4. The zero-order valence-corrected chi connectivity index (χ0v) is 12.2. The molecule has 1 saturated carbocycles. The maximum Gasteiger partial charge on any atom is 0.251 e. The molecule has 1 aromatic rings. The van der Waals surface area contributed by atoms with Crippen LogP contribution in [0.3, 0.4) is 0 Å². The number of nitrogens with two attached hydrogens (primary N) is 1. The van der Waals surface area contributed by atoms with E-state index in [2.05, 4.69) is 5.32 Å². The van der Waals surface area contributed by atoms with E-state index in [-0.39, 0.29) is 18.3 Å². The lowest BCUT2D eigenvalue weighted by Crippen LogP contribution is -2.35. The zero-order chi connectivity index (χ0) is 13.0. The number of benzene rings is 1. The van der Waals surface area contributed by atoms with Crippen molar-refractivity contribution in [3.05, 3.63) is 35.4 Å². The first kappa shape index (κ1) is 16.0. The lowest BCUT2D eigenvalue weighted by molar-refractivity contribution is 0.0942. The Morgan fingerprint density at radius 2 is 2.00 bits per heavy atom. The molecular weight excluding hydrogens is 260 g/mol. The quantitative estimate of drug-likeness (QED) is 0.895. The second-order valence-corrected chi connectivity index (χ2v) is 5.37. The van der Waals surface area contributed by atoms with Crippen molar-refractivity contribution in [1.29, 1.82) is 0 Å². The fraction of sp³-hybridized carbons (Fsp3) is 0.533. The standard InChI is InChI=1S/C15H22N2O.ClH/c1-11-5-7-13(8-6-11)15(18)17-10-12-3-2-4-14(16)9-12;/h5-8,12,14H,2-4,9-10,16H2,1H3,(H,17,18);1H. The molecule has 2 atom stereocenters. The number of carbonyl (C=O) groups is 1. The Bertz CT molecular complexity index is 405. The summed E-state index contributed by atoms with van der Waals surface area (Å²) in [4.78, 5) is 11.9. The normalized spacial score (nSPS) is 22.4. The average molecular weight is 283 g/mol. The predicted octanol–water partition coefficient (Wildman–Crippen LogP) is 2.66. The first-order valence-electron chi connectivity index (χ1n) is 6.75. The van der Waals surface area contributed by atoms with E-state index in [0.717, 1.165) is 24.9 Å². The molecule has 0 aliphatic heterocycles. The van der Waals surface area contributed by atoms with Crippen LogP contribution in [0.4, 0.5) is 0 Å². The third-order valence-electron chi connectivity index (χ3n) is 3.69. The van der Waals surface area contributed by atoms with Gasteiger partial charge in [0.2, 0.25) is 0 Å². The topological polar surface area (TPSA) is 55.1 Å². The van der Waals surface area contributed by atoms with Gasteiger partial charge in [0.1, 0.15) is 0 Å². The van der Waals surface area contributed by atoms with Gasteiger partial charge in [-0.05, 0) is 44.2 Å². The van der Waals surface area contributed by atoms with Crippen molar-refractivity contribution in [2.24, 2.45) is 11.7 Å². The Morgan fingerprint density at radius 3 is 2.63 bits per heavy atom. The van der Waals surface area contributed by atoms with Crippen LogP contribution in [0.25, 0.3) is 0 Å². The van der Waals surface area contributed by atoms with Crippen LogP contribution in [-0.2, 0) is 0 Å². The van der Waals surface area contributed by atoms with E-state index in [4.69, 9.17) is 5.73 Å². The molecule has 1 aliphatic rings. The van der Waals surface area contributed by atoms with Gasteiger partial charge in [0.15, 0.2) is 0 Å². The Balaban J connectivity index is 0.00000180. The molecule has 0 heterocycles. The van der Waals surface area contributed by atoms with E-state index < -0.39 is 0 Å². The Hall–Kier alpha value is -1.06. The van der Waals surface area contributed by atoms with Gasteiger partial charge in [0.25, 0.3) is 5.91 Å². The molecule has 19 heavy (non-hydrogen) atoms. The van der Waals surface area contributed by atoms with Gasteiger partial charge in [-0.1, -0.05) is 24.1 Å². The smallest absolute Gasteiger partial charge is 0.251 e. The fourth-order valence-electron chi connectivity index (χ4n) is 2.56. The maximum atomic E-state index is 11.9. The fourth-order valence-corrected chi connectivity index (χ4v) is 2.56. The summed E-state index contributed by atoms with van der Waals surface area (Å²) in [6.07, 6.45) is 4.53. The summed E-state index contributed by atoms with van der Waals surface area (Å²) in [5, 5.41) is 3.01. The molecule has 2 rings (SSSR count). The molecule has 106 valence electrons. The number of halogens is 1. The number of nitrogens with one attached hydrogen (secondary N) is 1. The third-order valence-corrected chi connectivity index (χ3v) is 3.69. The summed E-state index contributed by atoms with van der Waals surface area (Å²) >= 11 is 0. The highest BCUT2D eigenvalue weighted by molar-refractivity contribution is 5.94. The van der Waals surface area contributed by atoms with Crippen LogP contribution < -0.4 is 11.1 Å². The van der Waals surface area contributed by atoms with Crippen molar-refractivity contribution >= 4 is 18.3 Å². The summed E-state index contributed by atoms with van der Waals surface area (Å²) in [5.74, 6) is 0.567. The molecule has 4 heteroatoms. The minimum atomic E-state index is 0. The molecule has 1 aliphatic carbocycles. The molecule has 1 fully saturated rings. The van der Waals surface area contributed by atoms with Gasteiger partial charge in [-0.2, -0.15) is 0 Å². The van der Waals surface area contributed by atoms with Crippen LogP contribution in [0.2, 0.25) is 0 Å². The molecule has 0 saturated heterocycles. The number of hydrogen-bond acceptors (Lipinski definition) is 2. The summed E-state index contributed by atoms with van der Waals surface area (Å²) in [6, 6.07) is 7.99. The van der Waals surface area contributed by atoms with E-state index in [1.807, 2.05) is 31.2 Å². The van der Waals surface area contributed by atoms with Crippen molar-refractivity contribution in [3.63, 3.8) is 0 Å². The van der Waals surface area contributed by atoms with Gasteiger partial charge >= 0.3 is 0 Å². The molecule has 1 amide bonds. The minimum Gasteiger partial charge on any atom is -0.352 e. The molecular formula is C15H23ClN2O. The van der Waals surface area contributed by atoms with Gasteiger partial charge in [-0.15, -0.1) is 12.4 Å². The van der Waals surface area contributed by atoms with Crippen LogP contribution in [-0.4, -0.2) is 18.5 Å². The second kappa shape index (κ2) is 7.51. The van der Waals surface area contributed by atoms with Crippen molar-refractivity contribution < 1.29 is 4.79 Å². The van der Waals surface area contributed by atoms with Gasteiger partial charge in [0, 0.05) is 18.2 Å². The van der Waals surface area contributed by atoms with Gasteiger partial charge in [0.05, 0.1) is 0 Å². The molecule has 0 bridgehead atoms. The number of aryl methyl sites for hydroxylation is 1. The van der Waals surface area contributed by atoms with E-state index in [1.54, 1.807) is 0 Å². The molecule has 0 radical (unpaired) electrons. The van der Waals surface area contributed by atoms with Crippen molar-refractivity contribution in [3.8, 4) is 0 Å². The van der Waals surface area contributed by atoms with Gasteiger partial charge < -0.3 is 11.1 Å². The SMILES string of the molecule is Cc1ccc(C(=O)NCC2CCCC(N)C2)cc1.Cl. The van der Waals surface area contributed by atoms with Crippen LogP contribution >= 0.6 is 12.4 Å². The van der Waals surface area contributed by atoms with E-state index >= 15 is 0 Å². The predicted molar refractivity (Wildman–Crippen MR) is 80.7 cm³/mol. The second-order valence-electron chi connectivity index (χ2n) is 5.37. The van der Waals surface area contributed by atoms with Crippen LogP contribution in [0.5, 0.6) is 0 Å². The molecule has 3 nitrogen and oxygen atoms in total. The van der Waals surface area contributed by atoms with Gasteiger partial charge in [-0.3, -0.25) is 4.79 Å². The Labute approximate surface area is 121 Å². The highest BCUT2D eigenvalue weighted by Crippen LogP contribution is 2.22. The van der Waals surface area contributed by atoms with Crippen LogP contribution in [0, 0.1) is 12.8 Å². The number of amides is 1. The summed E-state index contributed by atoms with van der Waals surface area (Å²) in [6.45, 7) is 2.77. The molecule has 1 aromatic carbocycles. The highest BCUT2D eigenvalue weighted by atomic mass is 35.5. The maximum absolute atomic E-state index is 11.9. The van der Waals surface area contributed by atoms with Crippen molar-refractivity contribution in [2.45, 2.75) is 38.6 Å². The number of rotatable bonds is 3. The number of hydrogen-bond donors (Lipinski definition) is 2. The summed E-state index contributed by atoms with van der Waals surface area (Å²) in [7, 11) is 0. The highest BCUT2D eigenvalue weighted by Gasteiger charge is 2.19. The number of carbonyl (C=O) groups excluding carboxylic acids is 1. The summed E-state index contributed by atoms with van der Waals surface area (Å²) in [5.41, 5.74) is 7.85. The van der Waals surface area contributed by atoms with Gasteiger partial charge in [-0.25, -0.2) is 0 Å². The van der Waals surface area contributed by atoms with Crippen molar-refractivity contribution in [2.75, 3.05) is 6.54 Å². The Kier molecular flexibility index (Phi) is 6.32. The molecule has 0 spiro atoms. The first-order chi connectivity index (χ1) is 8.65. The summed E-state index contributed by atoms with van der Waals surface area (Å²) < 4.78 is 0. The largest absolute Gasteiger partial charge is 0.352 e. The lowest BCUT2D eigenvalue weighted by Gasteiger charge is -2.26.